The predicted molar refractivity (Wildman–Crippen MR) is 112 cm³/mol. The highest BCUT2D eigenvalue weighted by atomic mass is 35.5. The Balaban J connectivity index is 1.82. The number of nitrogens with zero attached hydrogens (tertiary/aromatic N) is 3. The molecule has 0 aliphatic carbocycles. The molecule has 6 nitrogen and oxygen atoms in total. The fourth-order valence-corrected chi connectivity index (χ4v) is 4.60. The molecule has 150 valence electrons. The first-order valence-corrected chi connectivity index (χ1v) is 10.3. The van der Waals surface area contributed by atoms with Gasteiger partial charge in [0.05, 0.1) is 17.0 Å². The van der Waals surface area contributed by atoms with Gasteiger partial charge in [-0.25, -0.2) is 4.39 Å². The Kier molecular flexibility index (Phi) is 4.41. The summed E-state index contributed by atoms with van der Waals surface area (Å²) in [7, 11) is 0. The first kappa shape index (κ1) is 18.9. The van der Waals surface area contributed by atoms with Crippen molar-refractivity contribution < 1.29 is 13.6 Å². The molecule has 3 heterocycles. The number of carbonyl (C=O) groups is 1. The molecule has 0 bridgehead atoms. The first-order chi connectivity index (χ1) is 14.5. The van der Waals surface area contributed by atoms with Crippen LogP contribution in [0.15, 0.2) is 51.7 Å². The van der Waals surface area contributed by atoms with Crippen LogP contribution in [0.2, 0.25) is 5.02 Å². The van der Waals surface area contributed by atoms with Crippen molar-refractivity contribution in [3.05, 3.63) is 85.4 Å². The van der Waals surface area contributed by atoms with Gasteiger partial charge in [-0.2, -0.15) is 0 Å². The van der Waals surface area contributed by atoms with E-state index in [0.717, 1.165) is 5.01 Å². The number of hydrogen-bond acceptors (Lipinski definition) is 6. The lowest BCUT2D eigenvalue weighted by Gasteiger charge is -2.22. The van der Waals surface area contributed by atoms with E-state index in [1.807, 2.05) is 6.92 Å². The Morgan fingerprint density at radius 3 is 2.77 bits per heavy atom. The Hall–Kier alpha value is -3.10. The molecule has 9 heteroatoms. The Morgan fingerprint density at radius 2 is 2.03 bits per heavy atom. The molecule has 0 fully saturated rings. The second-order valence-electron chi connectivity index (χ2n) is 6.78. The quantitative estimate of drug-likeness (QED) is 0.458. The molecule has 30 heavy (non-hydrogen) atoms. The molecule has 0 saturated carbocycles. The molecule has 1 atom stereocenters. The van der Waals surface area contributed by atoms with E-state index in [2.05, 4.69) is 10.2 Å². The lowest BCUT2D eigenvalue weighted by Crippen LogP contribution is -2.29. The summed E-state index contributed by atoms with van der Waals surface area (Å²) in [5.41, 5.74) is 0.430. The Labute approximate surface area is 178 Å². The predicted octanol–water partition coefficient (Wildman–Crippen LogP) is 4.75. The molecule has 0 N–H and O–H groups in total. The van der Waals surface area contributed by atoms with Gasteiger partial charge in [0.1, 0.15) is 16.4 Å². The summed E-state index contributed by atoms with van der Waals surface area (Å²) in [6, 6.07) is 9.53. The van der Waals surface area contributed by atoms with Crippen LogP contribution in [-0.2, 0) is 6.42 Å². The zero-order valence-corrected chi connectivity index (χ0v) is 17.1. The topological polar surface area (TPSA) is 76.3 Å². The van der Waals surface area contributed by atoms with Crippen molar-refractivity contribution in [1.29, 1.82) is 0 Å². The van der Waals surface area contributed by atoms with Gasteiger partial charge >= 0.3 is 0 Å². The van der Waals surface area contributed by atoms with Crippen LogP contribution in [-0.4, -0.2) is 16.1 Å². The van der Waals surface area contributed by atoms with E-state index in [1.54, 1.807) is 18.2 Å². The second kappa shape index (κ2) is 7.00. The van der Waals surface area contributed by atoms with E-state index >= 15 is 0 Å². The van der Waals surface area contributed by atoms with Gasteiger partial charge in [-0.05, 0) is 42.3 Å². The number of benzene rings is 2. The number of hydrogen-bond donors (Lipinski definition) is 0. The zero-order chi connectivity index (χ0) is 21.0. The van der Waals surface area contributed by atoms with Gasteiger partial charge in [-0.3, -0.25) is 14.5 Å². The molecule has 0 spiro atoms. The van der Waals surface area contributed by atoms with Gasteiger partial charge in [-0.1, -0.05) is 42.0 Å². The molecule has 0 saturated heterocycles. The number of fused-ring (bicyclic) bond motifs is 2. The standard InChI is InChI=1S/C21H13ClFN3O3S/c1-2-15-24-25-21(30-15)26-17(10-4-3-5-12(23)8-10)16-18(27)13-9-11(22)6-7-14(13)29-19(16)20(26)28/h3-9,17H,2H2,1H3/t17-/m1/s1. The fourth-order valence-electron chi connectivity index (χ4n) is 3.62. The molecule has 5 rings (SSSR count). The largest absolute Gasteiger partial charge is 0.450 e. The average molecular weight is 442 g/mol. The third-order valence-corrected chi connectivity index (χ3v) is 6.26. The first-order valence-electron chi connectivity index (χ1n) is 9.15. The normalized spacial score (nSPS) is 15.8. The van der Waals surface area contributed by atoms with E-state index in [1.165, 1.54) is 40.5 Å². The number of aromatic nitrogens is 2. The molecule has 0 radical (unpaired) electrons. The van der Waals surface area contributed by atoms with Crippen molar-refractivity contribution in [3.63, 3.8) is 0 Å². The second-order valence-corrected chi connectivity index (χ2v) is 8.26. The van der Waals surface area contributed by atoms with Crippen molar-refractivity contribution in [1.82, 2.24) is 10.2 Å². The van der Waals surface area contributed by atoms with Crippen molar-refractivity contribution in [2.24, 2.45) is 0 Å². The zero-order valence-electron chi connectivity index (χ0n) is 15.6. The molecule has 4 aromatic rings. The van der Waals surface area contributed by atoms with Gasteiger partial charge in [0, 0.05) is 5.02 Å². The number of carbonyl (C=O) groups excluding carboxylic acids is 1. The maximum atomic E-state index is 14.0. The lowest BCUT2D eigenvalue weighted by molar-refractivity contribution is 0.0970. The number of halogens is 2. The summed E-state index contributed by atoms with van der Waals surface area (Å²) in [5.74, 6) is -1.09. The van der Waals surface area contributed by atoms with Crippen LogP contribution in [0, 0.1) is 5.82 Å². The highest BCUT2D eigenvalue weighted by Gasteiger charge is 2.45. The Morgan fingerprint density at radius 1 is 1.20 bits per heavy atom. The van der Waals surface area contributed by atoms with Crippen molar-refractivity contribution in [2.75, 3.05) is 4.90 Å². The van der Waals surface area contributed by atoms with Crippen LogP contribution in [0.3, 0.4) is 0 Å². The van der Waals surface area contributed by atoms with Crippen LogP contribution in [0.25, 0.3) is 11.0 Å². The van der Waals surface area contributed by atoms with Gasteiger partial charge in [0.2, 0.25) is 10.9 Å². The maximum Gasteiger partial charge on any atom is 0.297 e. The summed E-state index contributed by atoms with van der Waals surface area (Å²) >= 11 is 7.31. The van der Waals surface area contributed by atoms with E-state index < -0.39 is 17.8 Å². The summed E-state index contributed by atoms with van der Waals surface area (Å²) < 4.78 is 19.9. The summed E-state index contributed by atoms with van der Waals surface area (Å²) in [4.78, 5) is 28.1. The number of rotatable bonds is 3. The molecule has 1 aliphatic rings. The highest BCUT2D eigenvalue weighted by Crippen LogP contribution is 2.42. The summed E-state index contributed by atoms with van der Waals surface area (Å²) in [5, 5.41) is 9.90. The summed E-state index contributed by atoms with van der Waals surface area (Å²) in [6.07, 6.45) is 0.650. The van der Waals surface area contributed by atoms with E-state index in [0.29, 0.717) is 22.1 Å². The molecule has 2 aromatic heterocycles. The third kappa shape index (κ3) is 2.83. The minimum atomic E-state index is -0.888. The average Bonchev–Trinajstić information content (AvgIpc) is 3.31. The minimum absolute atomic E-state index is 0.0858. The van der Waals surface area contributed by atoms with E-state index in [9.17, 15) is 14.0 Å². The van der Waals surface area contributed by atoms with Crippen molar-refractivity contribution in [2.45, 2.75) is 19.4 Å². The van der Waals surface area contributed by atoms with Gasteiger partial charge in [-0.15, -0.1) is 10.2 Å². The number of anilines is 1. The molecular weight excluding hydrogens is 429 g/mol. The van der Waals surface area contributed by atoms with E-state index in [4.69, 9.17) is 16.0 Å². The molecule has 0 unspecified atom stereocenters. The van der Waals surface area contributed by atoms with Crippen LogP contribution >= 0.6 is 22.9 Å². The number of amides is 1. The minimum Gasteiger partial charge on any atom is -0.450 e. The van der Waals surface area contributed by atoms with Crippen molar-refractivity contribution in [3.8, 4) is 0 Å². The van der Waals surface area contributed by atoms with Gasteiger partial charge in [0.25, 0.3) is 5.91 Å². The Bertz CT molecular complexity index is 1380. The van der Waals surface area contributed by atoms with Gasteiger partial charge in [0.15, 0.2) is 5.43 Å². The molecule has 2 aromatic carbocycles. The maximum absolute atomic E-state index is 14.0. The van der Waals surface area contributed by atoms with Crippen LogP contribution in [0.5, 0.6) is 0 Å². The number of aryl methyl sites for hydroxylation is 1. The SMILES string of the molecule is CCc1nnc(N2C(=O)c3oc4ccc(Cl)cc4c(=O)c3[C@H]2c2cccc(F)c2)s1. The lowest BCUT2D eigenvalue weighted by atomic mass is 9.98. The van der Waals surface area contributed by atoms with E-state index in [-0.39, 0.29) is 27.7 Å². The molecule has 1 aliphatic heterocycles. The smallest absolute Gasteiger partial charge is 0.297 e. The molecular formula is C21H13ClFN3O3S. The van der Waals surface area contributed by atoms with Gasteiger partial charge < -0.3 is 4.42 Å². The fraction of sp³-hybridized carbons (Fsp3) is 0.143. The third-order valence-electron chi connectivity index (χ3n) is 4.96. The molecule has 1 amide bonds. The summed E-state index contributed by atoms with van der Waals surface area (Å²) in [6.45, 7) is 1.93. The van der Waals surface area contributed by atoms with Crippen LogP contribution in [0.1, 0.15) is 39.7 Å². The monoisotopic (exact) mass is 441 g/mol. The van der Waals surface area contributed by atoms with Crippen LogP contribution < -0.4 is 10.3 Å². The van der Waals surface area contributed by atoms with Crippen molar-refractivity contribution >= 4 is 44.9 Å². The highest BCUT2D eigenvalue weighted by molar-refractivity contribution is 7.15. The van der Waals surface area contributed by atoms with Crippen LogP contribution in [0.4, 0.5) is 9.52 Å².